The van der Waals surface area contributed by atoms with Crippen molar-refractivity contribution in [3.05, 3.63) is 60.8 Å². The number of nitrogens with zero attached hydrogens (tertiary/aromatic N) is 3. The minimum Gasteiger partial charge on any atom is -0.467 e. The molecule has 0 aliphatic heterocycles. The third-order valence-corrected chi connectivity index (χ3v) is 5.33. The Morgan fingerprint density at radius 3 is 2.81 bits per heavy atom. The van der Waals surface area contributed by atoms with Gasteiger partial charge in [0.1, 0.15) is 16.5 Å². The van der Waals surface area contributed by atoms with Gasteiger partial charge in [0.15, 0.2) is 0 Å². The number of fused-ring (bicyclic) bond motifs is 2. The lowest BCUT2D eigenvalue weighted by atomic mass is 10.2. The van der Waals surface area contributed by atoms with Crippen molar-refractivity contribution in [2.75, 3.05) is 12.4 Å². The second-order valence-electron chi connectivity index (χ2n) is 5.99. The van der Waals surface area contributed by atoms with Crippen LogP contribution in [0.3, 0.4) is 0 Å². The summed E-state index contributed by atoms with van der Waals surface area (Å²) in [6.07, 6.45) is 1.83. The molecule has 0 saturated heterocycles. The van der Waals surface area contributed by atoms with Gasteiger partial charge in [0, 0.05) is 17.4 Å². The highest BCUT2D eigenvalue weighted by Gasteiger charge is 2.11. The van der Waals surface area contributed by atoms with Crippen molar-refractivity contribution < 1.29 is 4.74 Å². The smallest absolute Gasteiger partial charge is 0.320 e. The molecule has 2 N–H and O–H groups in total. The van der Waals surface area contributed by atoms with Gasteiger partial charge in [-0.25, -0.2) is 4.98 Å². The Balaban J connectivity index is 1.54. The van der Waals surface area contributed by atoms with Crippen molar-refractivity contribution in [3.63, 3.8) is 0 Å². The standard InChI is InChI=1S/C20H15N5OS/c1-26-20-24-17-14(9-10-21-17)18(25-20)22-13-6-4-5-12(11-13)19-23-15-7-2-3-8-16(15)27-19/h2-11H,1H3,(H2,21,22,24,25). The van der Waals surface area contributed by atoms with Crippen LogP contribution in [0.5, 0.6) is 6.01 Å². The largest absolute Gasteiger partial charge is 0.467 e. The van der Waals surface area contributed by atoms with E-state index >= 15 is 0 Å². The number of hydrogen-bond acceptors (Lipinski definition) is 6. The molecular formula is C20H15N5OS. The number of aromatic amines is 1. The lowest BCUT2D eigenvalue weighted by Gasteiger charge is -2.09. The molecule has 27 heavy (non-hydrogen) atoms. The maximum absolute atomic E-state index is 5.21. The lowest BCUT2D eigenvalue weighted by molar-refractivity contribution is 0.382. The monoisotopic (exact) mass is 373 g/mol. The Bertz CT molecular complexity index is 1230. The number of para-hydroxylation sites is 1. The van der Waals surface area contributed by atoms with Gasteiger partial charge in [-0.15, -0.1) is 11.3 Å². The van der Waals surface area contributed by atoms with E-state index in [0.717, 1.165) is 32.8 Å². The van der Waals surface area contributed by atoms with E-state index < -0.39 is 0 Å². The summed E-state index contributed by atoms with van der Waals surface area (Å²) < 4.78 is 6.39. The summed E-state index contributed by atoms with van der Waals surface area (Å²) >= 11 is 1.69. The van der Waals surface area contributed by atoms with Crippen molar-refractivity contribution in [1.82, 2.24) is 19.9 Å². The van der Waals surface area contributed by atoms with Crippen LogP contribution in [0.2, 0.25) is 0 Å². The zero-order valence-corrected chi connectivity index (χ0v) is 15.2. The molecule has 5 rings (SSSR count). The second-order valence-corrected chi connectivity index (χ2v) is 7.02. The summed E-state index contributed by atoms with van der Waals surface area (Å²) in [4.78, 5) is 16.6. The summed E-state index contributed by atoms with van der Waals surface area (Å²) in [6, 6.07) is 18.6. The molecule has 5 aromatic rings. The molecule has 0 fully saturated rings. The van der Waals surface area contributed by atoms with E-state index in [2.05, 4.69) is 38.5 Å². The van der Waals surface area contributed by atoms with Gasteiger partial charge in [-0.2, -0.15) is 9.97 Å². The van der Waals surface area contributed by atoms with E-state index in [4.69, 9.17) is 9.72 Å². The number of H-pyrrole nitrogens is 1. The molecule has 6 nitrogen and oxygen atoms in total. The van der Waals surface area contributed by atoms with Gasteiger partial charge >= 0.3 is 6.01 Å². The molecule has 0 spiro atoms. The number of nitrogens with one attached hydrogen (secondary N) is 2. The first kappa shape index (κ1) is 15.8. The molecule has 0 radical (unpaired) electrons. The molecule has 0 amide bonds. The molecule has 0 unspecified atom stereocenters. The third-order valence-electron chi connectivity index (χ3n) is 4.24. The molecule has 3 heterocycles. The molecule has 0 bridgehead atoms. The number of hydrogen-bond donors (Lipinski definition) is 2. The average Bonchev–Trinajstić information content (AvgIpc) is 3.35. The fourth-order valence-corrected chi connectivity index (χ4v) is 3.93. The number of aromatic nitrogens is 4. The summed E-state index contributed by atoms with van der Waals surface area (Å²) in [5.41, 5.74) is 3.74. The van der Waals surface area contributed by atoms with Gasteiger partial charge in [-0.05, 0) is 30.3 Å². The third kappa shape index (κ3) is 2.88. The molecule has 0 aliphatic carbocycles. The van der Waals surface area contributed by atoms with Crippen molar-refractivity contribution in [3.8, 4) is 16.6 Å². The minimum absolute atomic E-state index is 0.315. The molecule has 0 saturated carbocycles. The maximum atomic E-state index is 5.21. The molecule has 3 aromatic heterocycles. The van der Waals surface area contributed by atoms with Crippen LogP contribution in [0.25, 0.3) is 31.8 Å². The highest BCUT2D eigenvalue weighted by Crippen LogP contribution is 2.32. The first-order valence-electron chi connectivity index (χ1n) is 8.42. The van der Waals surface area contributed by atoms with Gasteiger partial charge in [-0.3, -0.25) is 0 Å². The summed E-state index contributed by atoms with van der Waals surface area (Å²) in [5, 5.41) is 5.27. The van der Waals surface area contributed by atoms with Gasteiger partial charge in [-0.1, -0.05) is 24.3 Å². The van der Waals surface area contributed by atoms with Crippen molar-refractivity contribution in [2.24, 2.45) is 0 Å². The van der Waals surface area contributed by atoms with Crippen LogP contribution < -0.4 is 10.1 Å². The van der Waals surface area contributed by atoms with Crippen LogP contribution >= 0.6 is 11.3 Å². The summed E-state index contributed by atoms with van der Waals surface area (Å²) in [5.74, 6) is 0.694. The van der Waals surface area contributed by atoms with Crippen molar-refractivity contribution in [2.45, 2.75) is 0 Å². The van der Waals surface area contributed by atoms with Crippen LogP contribution in [-0.4, -0.2) is 27.0 Å². The van der Waals surface area contributed by atoms with Crippen LogP contribution in [0.15, 0.2) is 60.8 Å². The number of rotatable bonds is 4. The minimum atomic E-state index is 0.315. The number of ether oxygens (including phenoxy) is 1. The SMILES string of the molecule is COc1nc(Nc2cccc(-c3nc4ccccc4s3)c2)c2cc[nH]c2n1. The van der Waals surface area contributed by atoms with E-state index in [0.29, 0.717) is 11.8 Å². The highest BCUT2D eigenvalue weighted by molar-refractivity contribution is 7.21. The van der Waals surface area contributed by atoms with Gasteiger partial charge in [0.25, 0.3) is 0 Å². The summed E-state index contributed by atoms with van der Waals surface area (Å²) in [7, 11) is 1.56. The van der Waals surface area contributed by atoms with E-state index in [1.165, 1.54) is 4.70 Å². The fraction of sp³-hybridized carbons (Fsp3) is 0.0500. The first-order valence-corrected chi connectivity index (χ1v) is 9.24. The Hall–Kier alpha value is -3.45. The van der Waals surface area contributed by atoms with Crippen LogP contribution in [0.4, 0.5) is 11.5 Å². The quantitative estimate of drug-likeness (QED) is 0.464. The molecule has 0 aliphatic rings. The maximum Gasteiger partial charge on any atom is 0.320 e. The number of anilines is 2. The van der Waals surface area contributed by atoms with E-state index in [1.807, 2.05) is 42.6 Å². The van der Waals surface area contributed by atoms with E-state index in [1.54, 1.807) is 18.4 Å². The van der Waals surface area contributed by atoms with Crippen LogP contribution in [0.1, 0.15) is 0 Å². The van der Waals surface area contributed by atoms with Crippen molar-refractivity contribution in [1.29, 1.82) is 0 Å². The molecule has 7 heteroatoms. The number of thiazole rings is 1. The molecule has 0 atom stereocenters. The van der Waals surface area contributed by atoms with Gasteiger partial charge in [0.05, 0.1) is 22.7 Å². The summed E-state index contributed by atoms with van der Waals surface area (Å²) in [6.45, 7) is 0. The molecule has 2 aromatic carbocycles. The second kappa shape index (κ2) is 6.37. The van der Waals surface area contributed by atoms with Gasteiger partial charge in [0.2, 0.25) is 0 Å². The lowest BCUT2D eigenvalue weighted by Crippen LogP contribution is -1.99. The van der Waals surface area contributed by atoms with Gasteiger partial charge < -0.3 is 15.0 Å². The van der Waals surface area contributed by atoms with E-state index in [-0.39, 0.29) is 0 Å². The topological polar surface area (TPSA) is 75.7 Å². The zero-order valence-electron chi connectivity index (χ0n) is 14.4. The predicted octanol–water partition coefficient (Wildman–Crippen LogP) is 4.99. The van der Waals surface area contributed by atoms with Crippen molar-refractivity contribution >= 4 is 44.1 Å². The zero-order chi connectivity index (χ0) is 18.2. The highest BCUT2D eigenvalue weighted by atomic mass is 32.1. The normalized spacial score (nSPS) is 11.1. The molecule has 132 valence electrons. The number of benzene rings is 2. The van der Waals surface area contributed by atoms with E-state index in [9.17, 15) is 0 Å². The predicted molar refractivity (Wildman–Crippen MR) is 109 cm³/mol. The van der Waals surface area contributed by atoms with Crippen LogP contribution in [0, 0.1) is 0 Å². The Morgan fingerprint density at radius 1 is 1.00 bits per heavy atom. The molecular weight excluding hydrogens is 358 g/mol. The Kier molecular flexibility index (Phi) is 3.72. The Labute approximate surface area is 158 Å². The first-order chi connectivity index (χ1) is 13.3. The van der Waals surface area contributed by atoms with Crippen LogP contribution in [-0.2, 0) is 0 Å². The number of methoxy groups -OCH3 is 1. The average molecular weight is 373 g/mol. The fourth-order valence-electron chi connectivity index (χ4n) is 2.97. The Morgan fingerprint density at radius 2 is 1.93 bits per heavy atom.